The molecule has 138 valence electrons. The molecule has 0 aromatic heterocycles. The Balaban J connectivity index is 2.04. The predicted molar refractivity (Wildman–Crippen MR) is 110 cm³/mol. The number of hydrogen-bond acceptors (Lipinski definition) is 3. The van der Waals surface area contributed by atoms with Gasteiger partial charge in [0.2, 0.25) is 5.91 Å². The maximum absolute atomic E-state index is 12.7. The van der Waals surface area contributed by atoms with E-state index in [1.165, 1.54) is 5.56 Å². The van der Waals surface area contributed by atoms with Crippen LogP contribution in [-0.2, 0) is 4.79 Å². The third-order valence-corrected chi connectivity index (χ3v) is 4.76. The number of nitrogens with one attached hydrogen (secondary N) is 2. The Kier molecular flexibility index (Phi) is 7.73. The van der Waals surface area contributed by atoms with Crippen LogP contribution in [0.25, 0.3) is 0 Å². The summed E-state index contributed by atoms with van der Waals surface area (Å²) in [6.07, 6.45) is 2.56. The zero-order chi connectivity index (χ0) is 18.9. The average molecular weight is 371 g/mol. The molecule has 0 aliphatic heterocycles. The summed E-state index contributed by atoms with van der Waals surface area (Å²) in [5.41, 5.74) is 2.51. The quantitative estimate of drug-likeness (QED) is 0.728. The first kappa shape index (κ1) is 20.0. The summed E-state index contributed by atoms with van der Waals surface area (Å²) in [4.78, 5) is 25.1. The first-order valence-electron chi connectivity index (χ1n) is 8.77. The van der Waals surface area contributed by atoms with Crippen molar-refractivity contribution in [2.75, 3.05) is 17.3 Å². The largest absolute Gasteiger partial charge is 0.340 e. The van der Waals surface area contributed by atoms with E-state index in [2.05, 4.69) is 24.5 Å². The molecule has 5 heteroatoms. The van der Waals surface area contributed by atoms with Crippen LogP contribution >= 0.6 is 11.8 Å². The van der Waals surface area contributed by atoms with Gasteiger partial charge in [-0.05, 0) is 54.2 Å². The number of rotatable bonds is 8. The lowest BCUT2D eigenvalue weighted by atomic mass is 10.0. The summed E-state index contributed by atoms with van der Waals surface area (Å²) in [5.74, 6) is 0.807. The molecule has 2 aromatic rings. The SMILES string of the molecule is CSCCC(NC(=O)c1ccccc1)C(=O)Nc1ccc(C(C)C)cc1. The van der Waals surface area contributed by atoms with Crippen LogP contribution in [0.3, 0.4) is 0 Å². The molecule has 0 heterocycles. The Hall–Kier alpha value is -2.27. The first-order valence-corrected chi connectivity index (χ1v) is 10.2. The molecule has 0 aliphatic rings. The van der Waals surface area contributed by atoms with Gasteiger partial charge in [-0.25, -0.2) is 0 Å². The fourth-order valence-electron chi connectivity index (χ4n) is 2.52. The molecule has 26 heavy (non-hydrogen) atoms. The smallest absolute Gasteiger partial charge is 0.251 e. The van der Waals surface area contributed by atoms with Gasteiger partial charge in [-0.15, -0.1) is 0 Å². The van der Waals surface area contributed by atoms with Crippen LogP contribution in [0.1, 0.15) is 42.1 Å². The van der Waals surface area contributed by atoms with Crippen LogP contribution in [0.15, 0.2) is 54.6 Å². The van der Waals surface area contributed by atoms with Gasteiger partial charge in [-0.3, -0.25) is 9.59 Å². The molecule has 0 bridgehead atoms. The Morgan fingerprint density at radius 3 is 2.23 bits per heavy atom. The Morgan fingerprint density at radius 2 is 1.65 bits per heavy atom. The second kappa shape index (κ2) is 10.0. The van der Waals surface area contributed by atoms with E-state index >= 15 is 0 Å². The second-order valence-electron chi connectivity index (χ2n) is 6.44. The van der Waals surface area contributed by atoms with Crippen LogP contribution < -0.4 is 10.6 Å². The molecule has 2 N–H and O–H groups in total. The second-order valence-corrected chi connectivity index (χ2v) is 7.43. The number of amides is 2. The summed E-state index contributed by atoms with van der Waals surface area (Å²) in [6, 6.07) is 16.2. The zero-order valence-corrected chi connectivity index (χ0v) is 16.3. The number of carbonyl (C=O) groups is 2. The summed E-state index contributed by atoms with van der Waals surface area (Å²) in [7, 11) is 0. The van der Waals surface area contributed by atoms with E-state index in [1.54, 1.807) is 23.9 Å². The molecule has 2 aromatic carbocycles. The van der Waals surface area contributed by atoms with Crippen molar-refractivity contribution in [2.45, 2.75) is 32.2 Å². The lowest BCUT2D eigenvalue weighted by Gasteiger charge is -2.18. The van der Waals surface area contributed by atoms with Gasteiger partial charge in [0, 0.05) is 11.3 Å². The number of benzene rings is 2. The van der Waals surface area contributed by atoms with Gasteiger partial charge >= 0.3 is 0 Å². The predicted octanol–water partition coefficient (Wildman–Crippen LogP) is 4.30. The Morgan fingerprint density at radius 1 is 1.00 bits per heavy atom. The van der Waals surface area contributed by atoms with Crippen molar-refractivity contribution in [1.82, 2.24) is 5.32 Å². The molecule has 0 radical (unpaired) electrons. The molecule has 0 saturated heterocycles. The van der Waals surface area contributed by atoms with Crippen molar-refractivity contribution in [3.63, 3.8) is 0 Å². The highest BCUT2D eigenvalue weighted by Crippen LogP contribution is 2.17. The molecule has 0 spiro atoms. The van der Waals surface area contributed by atoms with Crippen molar-refractivity contribution in [1.29, 1.82) is 0 Å². The lowest BCUT2D eigenvalue weighted by molar-refractivity contribution is -0.118. The average Bonchev–Trinajstić information content (AvgIpc) is 2.66. The molecular weight excluding hydrogens is 344 g/mol. The topological polar surface area (TPSA) is 58.2 Å². The molecule has 4 nitrogen and oxygen atoms in total. The fourth-order valence-corrected chi connectivity index (χ4v) is 2.99. The van der Waals surface area contributed by atoms with E-state index in [0.29, 0.717) is 17.9 Å². The van der Waals surface area contributed by atoms with Crippen molar-refractivity contribution in [3.8, 4) is 0 Å². The molecule has 0 saturated carbocycles. The van der Waals surface area contributed by atoms with E-state index in [1.807, 2.05) is 48.7 Å². The molecule has 2 rings (SSSR count). The normalized spacial score (nSPS) is 11.8. The third kappa shape index (κ3) is 5.92. The number of hydrogen-bond donors (Lipinski definition) is 2. The van der Waals surface area contributed by atoms with E-state index in [0.717, 1.165) is 11.4 Å². The highest BCUT2D eigenvalue weighted by molar-refractivity contribution is 7.98. The summed E-state index contributed by atoms with van der Waals surface area (Å²) < 4.78 is 0. The highest BCUT2D eigenvalue weighted by atomic mass is 32.2. The monoisotopic (exact) mass is 370 g/mol. The van der Waals surface area contributed by atoms with E-state index in [4.69, 9.17) is 0 Å². The van der Waals surface area contributed by atoms with Crippen molar-refractivity contribution in [2.24, 2.45) is 0 Å². The minimum absolute atomic E-state index is 0.194. The standard InChI is InChI=1S/C21H26N2O2S/c1-15(2)16-9-11-18(12-10-16)22-21(25)19(13-14-26-3)23-20(24)17-7-5-4-6-8-17/h4-12,15,19H,13-14H2,1-3H3,(H,22,25)(H,23,24). The maximum Gasteiger partial charge on any atom is 0.251 e. The molecule has 1 atom stereocenters. The number of thioether (sulfide) groups is 1. The minimum atomic E-state index is -0.570. The zero-order valence-electron chi connectivity index (χ0n) is 15.5. The molecular formula is C21H26N2O2S. The van der Waals surface area contributed by atoms with Gasteiger partial charge < -0.3 is 10.6 Å². The van der Waals surface area contributed by atoms with Crippen LogP contribution in [0.2, 0.25) is 0 Å². The third-order valence-electron chi connectivity index (χ3n) is 4.11. The fraction of sp³-hybridized carbons (Fsp3) is 0.333. The lowest BCUT2D eigenvalue weighted by Crippen LogP contribution is -2.44. The highest BCUT2D eigenvalue weighted by Gasteiger charge is 2.21. The van der Waals surface area contributed by atoms with E-state index in [-0.39, 0.29) is 11.8 Å². The number of carbonyl (C=O) groups excluding carboxylic acids is 2. The van der Waals surface area contributed by atoms with Gasteiger partial charge in [0.25, 0.3) is 5.91 Å². The molecule has 2 amide bonds. The first-order chi connectivity index (χ1) is 12.5. The van der Waals surface area contributed by atoms with Crippen LogP contribution in [0.4, 0.5) is 5.69 Å². The van der Waals surface area contributed by atoms with Crippen LogP contribution in [-0.4, -0.2) is 29.9 Å². The van der Waals surface area contributed by atoms with Crippen molar-refractivity contribution in [3.05, 3.63) is 65.7 Å². The molecule has 1 unspecified atom stereocenters. The molecule has 0 fully saturated rings. The van der Waals surface area contributed by atoms with E-state index in [9.17, 15) is 9.59 Å². The summed E-state index contributed by atoms with van der Waals surface area (Å²) in [5, 5.41) is 5.76. The van der Waals surface area contributed by atoms with Crippen molar-refractivity contribution < 1.29 is 9.59 Å². The van der Waals surface area contributed by atoms with Crippen LogP contribution in [0, 0.1) is 0 Å². The maximum atomic E-state index is 12.7. The summed E-state index contributed by atoms with van der Waals surface area (Å²) in [6.45, 7) is 4.26. The van der Waals surface area contributed by atoms with E-state index < -0.39 is 6.04 Å². The van der Waals surface area contributed by atoms with Gasteiger partial charge in [-0.1, -0.05) is 44.2 Å². The molecule has 0 aliphatic carbocycles. The van der Waals surface area contributed by atoms with Crippen LogP contribution in [0.5, 0.6) is 0 Å². The summed E-state index contributed by atoms with van der Waals surface area (Å²) >= 11 is 1.65. The van der Waals surface area contributed by atoms with Crippen molar-refractivity contribution >= 4 is 29.3 Å². The van der Waals surface area contributed by atoms with Gasteiger partial charge in [0.1, 0.15) is 6.04 Å². The van der Waals surface area contributed by atoms with Gasteiger partial charge in [-0.2, -0.15) is 11.8 Å². The Bertz CT molecular complexity index is 715. The number of anilines is 1. The van der Waals surface area contributed by atoms with Gasteiger partial charge in [0.15, 0.2) is 0 Å². The Labute approximate surface area is 159 Å². The van der Waals surface area contributed by atoms with Gasteiger partial charge in [0.05, 0.1) is 0 Å². The minimum Gasteiger partial charge on any atom is -0.340 e.